The first-order valence-electron chi connectivity index (χ1n) is 10.9. The molecule has 2 fully saturated rings. The summed E-state index contributed by atoms with van der Waals surface area (Å²) in [6.07, 6.45) is 4.25. The summed E-state index contributed by atoms with van der Waals surface area (Å²) < 4.78 is 10.5. The number of hydrogen-bond donors (Lipinski definition) is 1. The van der Waals surface area contributed by atoms with Gasteiger partial charge < -0.3 is 19.7 Å². The number of carbonyl (C=O) groups is 2. The van der Waals surface area contributed by atoms with Crippen LogP contribution in [-0.4, -0.2) is 106 Å². The number of para-hydroxylation sites is 1. The van der Waals surface area contributed by atoms with Crippen LogP contribution in [0.1, 0.15) is 12.0 Å². The highest BCUT2D eigenvalue weighted by atomic mass is 16.5. The first kappa shape index (κ1) is 23.2. The van der Waals surface area contributed by atoms with Gasteiger partial charge in [-0.1, -0.05) is 30.4 Å². The van der Waals surface area contributed by atoms with E-state index in [9.17, 15) is 9.59 Å². The Bertz CT molecular complexity index is 762. The van der Waals surface area contributed by atoms with Crippen LogP contribution in [0.5, 0.6) is 5.75 Å². The van der Waals surface area contributed by atoms with Gasteiger partial charge in [0.25, 0.3) is 0 Å². The minimum absolute atomic E-state index is 0.0483. The molecule has 2 heterocycles. The Balaban J connectivity index is 1.55. The summed E-state index contributed by atoms with van der Waals surface area (Å²) in [5.41, 5.74) is 0.991. The van der Waals surface area contributed by atoms with Gasteiger partial charge in [-0.05, 0) is 6.07 Å². The molecule has 1 unspecified atom stereocenters. The Hall–Kier alpha value is -2.42. The second-order valence-corrected chi connectivity index (χ2v) is 7.87. The van der Waals surface area contributed by atoms with Gasteiger partial charge in [-0.3, -0.25) is 19.4 Å². The lowest BCUT2D eigenvalue weighted by molar-refractivity contribution is -0.139. The summed E-state index contributed by atoms with van der Waals surface area (Å²) in [6, 6.07) is 7.38. The van der Waals surface area contributed by atoms with Crippen molar-refractivity contribution < 1.29 is 19.1 Å². The molecule has 3 rings (SSSR count). The van der Waals surface area contributed by atoms with Gasteiger partial charge in [0.1, 0.15) is 5.75 Å². The van der Waals surface area contributed by atoms with Crippen molar-refractivity contribution in [3.63, 3.8) is 0 Å². The zero-order chi connectivity index (χ0) is 22.1. The third-order valence-corrected chi connectivity index (χ3v) is 5.92. The highest BCUT2D eigenvalue weighted by Crippen LogP contribution is 2.19. The van der Waals surface area contributed by atoms with E-state index < -0.39 is 6.04 Å². The molecule has 31 heavy (non-hydrogen) atoms. The van der Waals surface area contributed by atoms with E-state index in [4.69, 9.17) is 9.47 Å². The molecule has 0 aromatic heterocycles. The number of benzene rings is 1. The van der Waals surface area contributed by atoms with Gasteiger partial charge in [0, 0.05) is 65.0 Å². The molecule has 8 heteroatoms. The maximum absolute atomic E-state index is 12.9. The summed E-state index contributed by atoms with van der Waals surface area (Å²) in [5.74, 6) is 0.794. The van der Waals surface area contributed by atoms with Gasteiger partial charge in [-0.15, -0.1) is 0 Å². The first-order valence-corrected chi connectivity index (χ1v) is 10.9. The van der Waals surface area contributed by atoms with Gasteiger partial charge in [0.2, 0.25) is 11.8 Å². The highest BCUT2D eigenvalue weighted by Gasteiger charge is 2.33. The van der Waals surface area contributed by atoms with Crippen molar-refractivity contribution >= 4 is 17.9 Å². The Labute approximate surface area is 184 Å². The maximum Gasteiger partial charge on any atom is 0.237 e. The number of amides is 2. The van der Waals surface area contributed by atoms with E-state index >= 15 is 0 Å². The van der Waals surface area contributed by atoms with Crippen molar-refractivity contribution in [3.05, 3.63) is 35.9 Å². The van der Waals surface area contributed by atoms with Crippen LogP contribution in [0.15, 0.2) is 30.3 Å². The molecule has 2 aliphatic rings. The quantitative estimate of drug-likeness (QED) is 0.622. The van der Waals surface area contributed by atoms with Crippen LogP contribution in [0.2, 0.25) is 0 Å². The Kier molecular flexibility index (Phi) is 8.87. The number of ether oxygens (including phenoxy) is 2. The average Bonchev–Trinajstić information content (AvgIpc) is 2.80. The lowest BCUT2D eigenvalue weighted by Crippen LogP contribution is -2.57. The van der Waals surface area contributed by atoms with E-state index in [1.807, 2.05) is 41.3 Å². The molecule has 1 atom stereocenters. The largest absolute Gasteiger partial charge is 0.496 e. The molecule has 2 aliphatic heterocycles. The monoisotopic (exact) mass is 430 g/mol. The maximum atomic E-state index is 12.9. The summed E-state index contributed by atoms with van der Waals surface area (Å²) in [4.78, 5) is 31.7. The smallest absolute Gasteiger partial charge is 0.237 e. The SMILES string of the molecule is COCCN1CCN(C(=O)CC2C(=O)NCCN2C/C=C/c2ccccc2OC)CC1. The molecular formula is C23H34N4O4. The van der Waals surface area contributed by atoms with E-state index in [1.54, 1.807) is 14.2 Å². The van der Waals surface area contributed by atoms with Crippen molar-refractivity contribution in [1.29, 1.82) is 0 Å². The normalized spacial score (nSPS) is 20.8. The third-order valence-electron chi connectivity index (χ3n) is 5.92. The van der Waals surface area contributed by atoms with E-state index in [0.29, 0.717) is 32.8 Å². The summed E-state index contributed by atoms with van der Waals surface area (Å²) in [5, 5.41) is 2.91. The first-order chi connectivity index (χ1) is 15.1. The predicted molar refractivity (Wildman–Crippen MR) is 120 cm³/mol. The molecule has 0 spiro atoms. The van der Waals surface area contributed by atoms with Crippen LogP contribution in [-0.2, 0) is 14.3 Å². The fourth-order valence-corrected chi connectivity index (χ4v) is 4.06. The number of piperazine rings is 2. The zero-order valence-corrected chi connectivity index (χ0v) is 18.6. The Morgan fingerprint density at radius 3 is 2.68 bits per heavy atom. The number of nitrogens with zero attached hydrogens (tertiary/aromatic N) is 3. The summed E-state index contributed by atoms with van der Waals surface area (Å²) >= 11 is 0. The van der Waals surface area contributed by atoms with Gasteiger partial charge in [0.15, 0.2) is 0 Å². The van der Waals surface area contributed by atoms with Gasteiger partial charge in [-0.2, -0.15) is 0 Å². The van der Waals surface area contributed by atoms with Crippen LogP contribution >= 0.6 is 0 Å². The van der Waals surface area contributed by atoms with Gasteiger partial charge in [0.05, 0.1) is 26.2 Å². The molecule has 2 amide bonds. The second-order valence-electron chi connectivity index (χ2n) is 7.87. The topological polar surface area (TPSA) is 74.4 Å². The van der Waals surface area contributed by atoms with Gasteiger partial charge >= 0.3 is 0 Å². The molecule has 1 aromatic rings. The molecule has 0 radical (unpaired) electrons. The van der Waals surface area contributed by atoms with Crippen molar-refractivity contribution in [2.75, 3.05) is 73.2 Å². The lowest BCUT2D eigenvalue weighted by atomic mass is 10.1. The third kappa shape index (κ3) is 6.53. The van der Waals surface area contributed by atoms with E-state index in [0.717, 1.165) is 37.5 Å². The van der Waals surface area contributed by atoms with Crippen molar-refractivity contribution in [3.8, 4) is 5.75 Å². The van der Waals surface area contributed by atoms with Crippen molar-refractivity contribution in [2.45, 2.75) is 12.5 Å². The molecule has 2 saturated heterocycles. The van der Waals surface area contributed by atoms with E-state index in [1.165, 1.54) is 0 Å². The minimum atomic E-state index is -0.435. The molecule has 0 aliphatic carbocycles. The van der Waals surface area contributed by atoms with Crippen LogP contribution < -0.4 is 10.1 Å². The average molecular weight is 431 g/mol. The number of methoxy groups -OCH3 is 2. The fraction of sp³-hybridized carbons (Fsp3) is 0.565. The molecule has 0 saturated carbocycles. The van der Waals surface area contributed by atoms with Crippen molar-refractivity contribution in [1.82, 2.24) is 20.0 Å². The minimum Gasteiger partial charge on any atom is -0.496 e. The summed E-state index contributed by atoms with van der Waals surface area (Å²) in [7, 11) is 3.35. The van der Waals surface area contributed by atoms with Gasteiger partial charge in [-0.25, -0.2) is 0 Å². The van der Waals surface area contributed by atoms with Crippen LogP contribution in [0, 0.1) is 0 Å². The summed E-state index contributed by atoms with van der Waals surface area (Å²) in [6.45, 7) is 6.61. The number of rotatable bonds is 9. The highest BCUT2D eigenvalue weighted by molar-refractivity contribution is 5.89. The number of nitrogens with one attached hydrogen (secondary N) is 1. The van der Waals surface area contributed by atoms with E-state index in [2.05, 4.69) is 15.1 Å². The molecule has 1 N–H and O–H groups in total. The number of hydrogen-bond acceptors (Lipinski definition) is 6. The predicted octanol–water partition coefficient (Wildman–Crippen LogP) is 0.690. The van der Waals surface area contributed by atoms with Crippen LogP contribution in [0.3, 0.4) is 0 Å². The molecule has 170 valence electrons. The Morgan fingerprint density at radius 2 is 1.94 bits per heavy atom. The Morgan fingerprint density at radius 1 is 1.16 bits per heavy atom. The lowest BCUT2D eigenvalue weighted by Gasteiger charge is -2.37. The molecule has 8 nitrogen and oxygen atoms in total. The van der Waals surface area contributed by atoms with Crippen molar-refractivity contribution in [2.24, 2.45) is 0 Å². The molecule has 1 aromatic carbocycles. The fourth-order valence-electron chi connectivity index (χ4n) is 4.06. The second kappa shape index (κ2) is 11.8. The van der Waals surface area contributed by atoms with Crippen LogP contribution in [0.4, 0.5) is 0 Å². The molecular weight excluding hydrogens is 396 g/mol. The van der Waals surface area contributed by atoms with E-state index in [-0.39, 0.29) is 18.2 Å². The molecule has 0 bridgehead atoms. The zero-order valence-electron chi connectivity index (χ0n) is 18.6. The number of carbonyl (C=O) groups excluding carboxylic acids is 2. The standard InChI is InChI=1S/C23H34N4O4/c1-30-17-16-25-12-14-27(15-13-25)22(28)18-20-23(29)24-9-11-26(20)10-5-7-19-6-3-4-8-21(19)31-2/h3-8,20H,9-18H2,1-2H3,(H,24,29)/b7-5+. The van der Waals surface area contributed by atoms with Crippen LogP contribution in [0.25, 0.3) is 6.08 Å².